The van der Waals surface area contributed by atoms with Crippen molar-refractivity contribution in [2.24, 2.45) is 5.92 Å². The molecule has 1 aliphatic heterocycles. The molecule has 0 aromatic rings. The summed E-state index contributed by atoms with van der Waals surface area (Å²) < 4.78 is 0. The summed E-state index contributed by atoms with van der Waals surface area (Å²) in [7, 11) is 0. The van der Waals surface area contributed by atoms with E-state index in [0.29, 0.717) is 18.9 Å². The second kappa shape index (κ2) is 3.77. The number of amides is 1. The Hall–Kier alpha value is -1.06. The van der Waals surface area contributed by atoms with Crippen LogP contribution < -0.4 is 0 Å². The van der Waals surface area contributed by atoms with Gasteiger partial charge in [-0.1, -0.05) is 6.92 Å². The van der Waals surface area contributed by atoms with Gasteiger partial charge in [-0.15, -0.1) is 0 Å². The lowest BCUT2D eigenvalue weighted by Crippen LogP contribution is -2.49. The molecule has 0 aliphatic carbocycles. The van der Waals surface area contributed by atoms with Gasteiger partial charge in [-0.25, -0.2) is 4.79 Å². The molecule has 0 bridgehead atoms. The molecule has 1 amide bonds. The average Bonchev–Trinajstić information content (AvgIpc) is 2.03. The molecule has 0 radical (unpaired) electrons. The highest BCUT2D eigenvalue weighted by Crippen LogP contribution is 2.21. The van der Waals surface area contributed by atoms with Crippen molar-refractivity contribution in [1.82, 2.24) is 4.90 Å². The summed E-state index contributed by atoms with van der Waals surface area (Å²) in [5.74, 6) is -0.611. The Balaban J connectivity index is 2.72. The summed E-state index contributed by atoms with van der Waals surface area (Å²) in [6.45, 7) is 4.04. The van der Waals surface area contributed by atoms with Crippen LogP contribution in [0.5, 0.6) is 0 Å². The van der Waals surface area contributed by atoms with E-state index in [1.807, 2.05) is 6.92 Å². The van der Waals surface area contributed by atoms with Gasteiger partial charge >= 0.3 is 5.97 Å². The van der Waals surface area contributed by atoms with E-state index in [-0.39, 0.29) is 5.91 Å². The zero-order valence-electron chi connectivity index (χ0n) is 7.99. The zero-order chi connectivity index (χ0) is 10.0. The molecular weight excluding hydrogens is 170 g/mol. The van der Waals surface area contributed by atoms with E-state index in [9.17, 15) is 9.59 Å². The van der Waals surface area contributed by atoms with Crippen molar-refractivity contribution in [3.63, 3.8) is 0 Å². The minimum absolute atomic E-state index is 0.140. The van der Waals surface area contributed by atoms with Crippen molar-refractivity contribution in [2.75, 3.05) is 6.54 Å². The van der Waals surface area contributed by atoms with E-state index >= 15 is 0 Å². The molecule has 1 rings (SSSR count). The van der Waals surface area contributed by atoms with Crippen LogP contribution in [0.1, 0.15) is 26.7 Å². The topological polar surface area (TPSA) is 57.6 Å². The fourth-order valence-corrected chi connectivity index (χ4v) is 1.76. The lowest BCUT2D eigenvalue weighted by molar-refractivity contribution is -0.152. The van der Waals surface area contributed by atoms with Gasteiger partial charge in [0.1, 0.15) is 6.04 Å². The first-order valence-corrected chi connectivity index (χ1v) is 4.52. The summed E-state index contributed by atoms with van der Waals surface area (Å²) >= 11 is 0. The summed E-state index contributed by atoms with van der Waals surface area (Å²) in [4.78, 5) is 23.4. The Morgan fingerprint density at radius 3 is 2.46 bits per heavy atom. The minimum Gasteiger partial charge on any atom is -0.480 e. The molecule has 0 aromatic heterocycles. The maximum absolute atomic E-state index is 11.1. The van der Waals surface area contributed by atoms with E-state index in [4.69, 9.17) is 5.11 Å². The second-order valence-corrected chi connectivity index (χ2v) is 3.71. The van der Waals surface area contributed by atoms with Crippen LogP contribution in [-0.2, 0) is 9.59 Å². The third kappa shape index (κ3) is 2.20. The predicted molar refractivity (Wildman–Crippen MR) is 47.2 cm³/mol. The molecule has 13 heavy (non-hydrogen) atoms. The van der Waals surface area contributed by atoms with Gasteiger partial charge in [0.2, 0.25) is 5.91 Å². The standard InChI is InChI=1S/C9H15NO3/c1-6-3-4-8(9(12)13)10(5-6)7(2)11/h6,8H,3-5H2,1-2H3,(H,12,13)/t6-,8-/m0/s1. The highest BCUT2D eigenvalue weighted by atomic mass is 16.4. The van der Waals surface area contributed by atoms with Crippen LogP contribution in [0.2, 0.25) is 0 Å². The van der Waals surface area contributed by atoms with Gasteiger partial charge in [0.05, 0.1) is 0 Å². The number of hydrogen-bond acceptors (Lipinski definition) is 2. The first-order valence-electron chi connectivity index (χ1n) is 4.52. The molecule has 1 N–H and O–H groups in total. The monoisotopic (exact) mass is 185 g/mol. The molecule has 4 heteroatoms. The molecule has 1 saturated heterocycles. The summed E-state index contributed by atoms with van der Waals surface area (Å²) in [6, 6.07) is -0.603. The summed E-state index contributed by atoms with van der Waals surface area (Å²) in [6.07, 6.45) is 1.47. The Morgan fingerprint density at radius 1 is 1.38 bits per heavy atom. The molecular formula is C9H15NO3. The Labute approximate surface area is 77.5 Å². The lowest BCUT2D eigenvalue weighted by Gasteiger charge is -2.35. The van der Waals surface area contributed by atoms with E-state index in [1.54, 1.807) is 0 Å². The highest BCUT2D eigenvalue weighted by molar-refractivity contribution is 5.82. The van der Waals surface area contributed by atoms with Crippen molar-refractivity contribution in [3.05, 3.63) is 0 Å². The van der Waals surface area contributed by atoms with Gasteiger partial charge < -0.3 is 10.0 Å². The van der Waals surface area contributed by atoms with E-state index in [2.05, 4.69) is 0 Å². The van der Waals surface area contributed by atoms with Gasteiger partial charge in [-0.05, 0) is 18.8 Å². The van der Waals surface area contributed by atoms with Crippen LogP contribution in [0.25, 0.3) is 0 Å². The maximum Gasteiger partial charge on any atom is 0.326 e. The smallest absolute Gasteiger partial charge is 0.326 e. The van der Waals surface area contributed by atoms with Crippen molar-refractivity contribution in [2.45, 2.75) is 32.7 Å². The second-order valence-electron chi connectivity index (χ2n) is 3.71. The van der Waals surface area contributed by atoms with E-state index < -0.39 is 12.0 Å². The zero-order valence-corrected chi connectivity index (χ0v) is 7.99. The fourth-order valence-electron chi connectivity index (χ4n) is 1.76. The van der Waals surface area contributed by atoms with Crippen LogP contribution in [0.4, 0.5) is 0 Å². The largest absolute Gasteiger partial charge is 0.480 e. The number of piperidine rings is 1. The van der Waals surface area contributed by atoms with Crippen LogP contribution in [-0.4, -0.2) is 34.5 Å². The number of carboxylic acids is 1. The number of likely N-dealkylation sites (tertiary alicyclic amines) is 1. The van der Waals surface area contributed by atoms with Gasteiger partial charge in [-0.3, -0.25) is 4.79 Å². The molecule has 1 heterocycles. The maximum atomic E-state index is 11.1. The Morgan fingerprint density at radius 2 is 2.00 bits per heavy atom. The number of carbonyl (C=O) groups excluding carboxylic acids is 1. The number of rotatable bonds is 1. The summed E-state index contributed by atoms with van der Waals surface area (Å²) in [5, 5.41) is 8.85. The minimum atomic E-state index is -0.887. The SMILES string of the molecule is CC(=O)N1C[C@@H](C)CC[C@H]1C(=O)O. The van der Waals surface area contributed by atoms with Crippen LogP contribution in [0.3, 0.4) is 0 Å². The Kier molecular flexibility index (Phi) is 2.90. The van der Waals surface area contributed by atoms with Crippen LogP contribution >= 0.6 is 0 Å². The number of nitrogens with zero attached hydrogens (tertiary/aromatic N) is 1. The molecule has 2 atom stereocenters. The number of hydrogen-bond donors (Lipinski definition) is 1. The van der Waals surface area contributed by atoms with Gasteiger partial charge in [0.25, 0.3) is 0 Å². The molecule has 0 spiro atoms. The van der Waals surface area contributed by atoms with Gasteiger partial charge in [0, 0.05) is 13.5 Å². The quantitative estimate of drug-likeness (QED) is 0.654. The third-order valence-electron chi connectivity index (χ3n) is 2.51. The van der Waals surface area contributed by atoms with Crippen LogP contribution in [0, 0.1) is 5.92 Å². The van der Waals surface area contributed by atoms with Crippen LogP contribution in [0.15, 0.2) is 0 Å². The van der Waals surface area contributed by atoms with Gasteiger partial charge in [-0.2, -0.15) is 0 Å². The lowest BCUT2D eigenvalue weighted by atomic mass is 9.94. The molecule has 1 fully saturated rings. The summed E-state index contributed by atoms with van der Waals surface area (Å²) in [5.41, 5.74) is 0. The highest BCUT2D eigenvalue weighted by Gasteiger charge is 2.32. The molecule has 0 aromatic carbocycles. The molecule has 0 saturated carbocycles. The number of carboxylic acid groups (broad SMARTS) is 1. The van der Waals surface area contributed by atoms with E-state index in [1.165, 1.54) is 11.8 Å². The van der Waals surface area contributed by atoms with Crippen molar-refractivity contribution >= 4 is 11.9 Å². The van der Waals surface area contributed by atoms with Crippen molar-refractivity contribution in [1.29, 1.82) is 0 Å². The molecule has 4 nitrogen and oxygen atoms in total. The molecule has 0 unspecified atom stereocenters. The van der Waals surface area contributed by atoms with Crippen molar-refractivity contribution < 1.29 is 14.7 Å². The van der Waals surface area contributed by atoms with Crippen molar-refractivity contribution in [3.8, 4) is 0 Å². The molecule has 1 aliphatic rings. The average molecular weight is 185 g/mol. The first-order chi connectivity index (χ1) is 6.02. The Bertz CT molecular complexity index is 227. The first kappa shape index (κ1) is 10.0. The molecule has 74 valence electrons. The van der Waals surface area contributed by atoms with Gasteiger partial charge in [0.15, 0.2) is 0 Å². The fraction of sp³-hybridized carbons (Fsp3) is 0.778. The third-order valence-corrected chi connectivity index (χ3v) is 2.51. The normalized spacial score (nSPS) is 28.6. The number of aliphatic carboxylic acids is 1. The number of carbonyl (C=O) groups is 2. The predicted octanol–water partition coefficient (Wildman–Crippen LogP) is 0.718. The van der Waals surface area contributed by atoms with E-state index in [0.717, 1.165) is 6.42 Å².